The summed E-state index contributed by atoms with van der Waals surface area (Å²) < 4.78 is -1.32. The number of benzene rings is 2. The van der Waals surface area contributed by atoms with Gasteiger partial charge in [-0.3, -0.25) is 14.6 Å². The molecule has 1 aliphatic rings. The van der Waals surface area contributed by atoms with Crippen LogP contribution >= 0.6 is 69.6 Å². The average Bonchev–Trinajstić information content (AvgIpc) is 3.31. The Labute approximate surface area is 220 Å². The number of carbonyl (C=O) groups excluding carboxylic acids is 2. The highest BCUT2D eigenvalue weighted by atomic mass is 35.5. The number of alkyl halides is 2. The van der Waals surface area contributed by atoms with Crippen LogP contribution in [0.2, 0.25) is 20.1 Å². The summed E-state index contributed by atoms with van der Waals surface area (Å²) in [5.41, 5.74) is 1.80. The highest BCUT2D eigenvalue weighted by Gasteiger charge is 2.67. The van der Waals surface area contributed by atoms with Gasteiger partial charge in [-0.15, -0.1) is 23.2 Å². The van der Waals surface area contributed by atoms with Crippen molar-refractivity contribution in [3.05, 3.63) is 91.6 Å². The molecule has 0 spiro atoms. The molecule has 2 unspecified atom stereocenters. The van der Waals surface area contributed by atoms with E-state index in [1.807, 2.05) is 0 Å². The number of nitrogens with one attached hydrogen (secondary N) is 1. The normalized spacial score (nSPS) is 18.6. The molecule has 1 saturated carbocycles. The van der Waals surface area contributed by atoms with Gasteiger partial charge in [-0.1, -0.05) is 46.4 Å². The maximum Gasteiger partial charge on any atom is 0.231 e. The Morgan fingerprint density at radius 1 is 0.909 bits per heavy atom. The average molecular weight is 563 g/mol. The molecule has 1 aromatic heterocycles. The number of rotatable bonds is 6. The van der Waals surface area contributed by atoms with Gasteiger partial charge in [0.2, 0.25) is 5.91 Å². The largest absolute Gasteiger partial charge is 0.326 e. The van der Waals surface area contributed by atoms with Gasteiger partial charge in [-0.05, 0) is 54.1 Å². The summed E-state index contributed by atoms with van der Waals surface area (Å²) in [6.45, 7) is 0. The van der Waals surface area contributed by atoms with Crippen LogP contribution in [0.15, 0.2) is 54.7 Å². The van der Waals surface area contributed by atoms with Crippen LogP contribution in [-0.2, 0) is 11.2 Å². The summed E-state index contributed by atoms with van der Waals surface area (Å²) in [5.74, 6) is -1.90. The molecule has 0 radical (unpaired) electrons. The van der Waals surface area contributed by atoms with Crippen molar-refractivity contribution in [2.45, 2.75) is 16.7 Å². The number of ketones is 1. The molecule has 0 aliphatic heterocycles. The number of amides is 1. The molecular weight excluding hydrogens is 549 g/mol. The van der Waals surface area contributed by atoms with Crippen LogP contribution in [0.1, 0.15) is 27.5 Å². The lowest BCUT2D eigenvalue weighted by Gasteiger charge is -2.09. The van der Waals surface area contributed by atoms with Crippen molar-refractivity contribution < 1.29 is 9.59 Å². The number of Topliss-reactive ketones (excluding diaryl/α,β-unsaturated/α-hetero) is 1. The van der Waals surface area contributed by atoms with Gasteiger partial charge in [-0.25, -0.2) is 0 Å². The zero-order chi connectivity index (χ0) is 23.9. The smallest absolute Gasteiger partial charge is 0.231 e. The summed E-state index contributed by atoms with van der Waals surface area (Å²) in [7, 11) is 0. The van der Waals surface area contributed by atoms with E-state index in [0.717, 1.165) is 0 Å². The number of pyridine rings is 1. The third-order valence-corrected chi connectivity index (χ3v) is 7.18. The van der Waals surface area contributed by atoms with Crippen molar-refractivity contribution in [1.29, 1.82) is 0 Å². The second kappa shape index (κ2) is 9.61. The first-order valence-corrected chi connectivity index (χ1v) is 11.9. The second-order valence-corrected chi connectivity index (χ2v) is 10.7. The quantitative estimate of drug-likeness (QED) is 0.248. The van der Waals surface area contributed by atoms with Crippen LogP contribution in [0.3, 0.4) is 0 Å². The maximum absolute atomic E-state index is 12.9. The molecule has 4 nitrogen and oxygen atoms in total. The minimum atomic E-state index is -1.32. The molecule has 1 fully saturated rings. The molecule has 3 aromatic rings. The van der Waals surface area contributed by atoms with Gasteiger partial charge in [0.1, 0.15) is 4.33 Å². The molecule has 0 saturated heterocycles. The molecule has 33 heavy (non-hydrogen) atoms. The Balaban J connectivity index is 1.51. The van der Waals surface area contributed by atoms with E-state index in [2.05, 4.69) is 10.3 Å². The van der Waals surface area contributed by atoms with E-state index < -0.39 is 22.1 Å². The van der Waals surface area contributed by atoms with Crippen molar-refractivity contribution >= 4 is 87.0 Å². The minimum Gasteiger partial charge on any atom is -0.326 e. The van der Waals surface area contributed by atoms with Crippen molar-refractivity contribution in [3.63, 3.8) is 0 Å². The van der Waals surface area contributed by atoms with Gasteiger partial charge in [0.05, 0.1) is 17.4 Å². The highest BCUT2D eigenvalue weighted by molar-refractivity contribution is 6.53. The standard InChI is InChI=1S/C23H14Cl6N2O2/c24-12-3-4-30-16(8-12)10-19(32)17-9-15(1-2-18(17)27)31-22(33)21-20(23(21,28)29)11-5-13(25)7-14(26)6-11/h1-9,20-21H,10H2,(H,31,33). The van der Waals surface area contributed by atoms with E-state index in [4.69, 9.17) is 69.6 Å². The number of anilines is 1. The zero-order valence-corrected chi connectivity index (χ0v) is 21.1. The summed E-state index contributed by atoms with van der Waals surface area (Å²) in [5, 5.41) is 4.33. The Bertz CT molecular complexity index is 1240. The first kappa shape index (κ1) is 24.6. The second-order valence-electron chi connectivity index (χ2n) is 7.58. The zero-order valence-electron chi connectivity index (χ0n) is 16.6. The van der Waals surface area contributed by atoms with E-state index in [1.54, 1.807) is 36.4 Å². The van der Waals surface area contributed by atoms with Crippen molar-refractivity contribution in [2.24, 2.45) is 5.92 Å². The van der Waals surface area contributed by atoms with Gasteiger partial charge in [0.15, 0.2) is 5.78 Å². The first-order valence-electron chi connectivity index (χ1n) is 9.64. The predicted octanol–water partition coefficient (Wildman–Crippen LogP) is 7.65. The van der Waals surface area contributed by atoms with E-state index >= 15 is 0 Å². The topological polar surface area (TPSA) is 59.1 Å². The lowest BCUT2D eigenvalue weighted by atomic mass is 10.0. The number of hydrogen-bond donors (Lipinski definition) is 1. The van der Waals surface area contributed by atoms with E-state index in [1.165, 1.54) is 18.3 Å². The third kappa shape index (κ3) is 5.43. The molecular formula is C23H14Cl6N2O2. The predicted molar refractivity (Wildman–Crippen MR) is 134 cm³/mol. The molecule has 1 N–H and O–H groups in total. The molecule has 4 rings (SSSR count). The Kier molecular flexibility index (Phi) is 7.16. The van der Waals surface area contributed by atoms with Crippen LogP contribution in [-0.4, -0.2) is 21.0 Å². The van der Waals surface area contributed by atoms with Gasteiger partial charge in [0, 0.05) is 44.1 Å². The number of hydrogen-bond acceptors (Lipinski definition) is 3. The van der Waals surface area contributed by atoms with Gasteiger partial charge < -0.3 is 5.32 Å². The summed E-state index contributed by atoms with van der Waals surface area (Å²) >= 11 is 37.2. The molecule has 10 heteroatoms. The van der Waals surface area contributed by atoms with Crippen molar-refractivity contribution in [1.82, 2.24) is 4.98 Å². The van der Waals surface area contributed by atoms with Crippen molar-refractivity contribution in [3.8, 4) is 0 Å². The lowest BCUT2D eigenvalue weighted by molar-refractivity contribution is -0.117. The van der Waals surface area contributed by atoms with Crippen LogP contribution < -0.4 is 5.32 Å². The Morgan fingerprint density at radius 2 is 1.61 bits per heavy atom. The highest BCUT2D eigenvalue weighted by Crippen LogP contribution is 2.65. The summed E-state index contributed by atoms with van der Waals surface area (Å²) in [6.07, 6.45) is 1.53. The fraction of sp³-hybridized carbons (Fsp3) is 0.174. The van der Waals surface area contributed by atoms with Gasteiger partial charge >= 0.3 is 0 Å². The molecule has 1 aliphatic carbocycles. The Hall–Kier alpha value is -1.53. The van der Waals surface area contributed by atoms with E-state index in [0.29, 0.717) is 32.0 Å². The van der Waals surface area contributed by atoms with Crippen LogP contribution in [0.4, 0.5) is 5.69 Å². The van der Waals surface area contributed by atoms with Crippen LogP contribution in [0, 0.1) is 5.92 Å². The minimum absolute atomic E-state index is 0.00434. The molecule has 2 atom stereocenters. The van der Waals surface area contributed by atoms with Crippen LogP contribution in [0.25, 0.3) is 0 Å². The molecule has 0 bridgehead atoms. The number of carbonyl (C=O) groups is 2. The number of aromatic nitrogens is 1. The maximum atomic E-state index is 12.9. The first-order chi connectivity index (χ1) is 15.6. The summed E-state index contributed by atoms with van der Waals surface area (Å²) in [6, 6.07) is 12.8. The molecule has 170 valence electrons. The molecule has 1 heterocycles. The number of halogens is 6. The van der Waals surface area contributed by atoms with Crippen molar-refractivity contribution in [2.75, 3.05) is 5.32 Å². The lowest BCUT2D eigenvalue weighted by Crippen LogP contribution is -2.17. The van der Waals surface area contributed by atoms with Crippen LogP contribution in [0.5, 0.6) is 0 Å². The fourth-order valence-electron chi connectivity index (χ4n) is 3.66. The fourth-order valence-corrected chi connectivity index (χ4v) is 5.44. The monoisotopic (exact) mass is 560 g/mol. The number of nitrogens with zero attached hydrogens (tertiary/aromatic N) is 1. The van der Waals surface area contributed by atoms with Gasteiger partial charge in [0.25, 0.3) is 0 Å². The Morgan fingerprint density at radius 3 is 2.27 bits per heavy atom. The molecule has 2 aromatic carbocycles. The third-order valence-electron chi connectivity index (χ3n) is 5.23. The molecule has 1 amide bonds. The SMILES string of the molecule is O=C(Cc1cc(Cl)ccn1)c1cc(NC(=O)C2C(c3cc(Cl)cc(Cl)c3)C2(Cl)Cl)ccc1Cl. The van der Waals surface area contributed by atoms with E-state index in [-0.39, 0.29) is 22.8 Å². The van der Waals surface area contributed by atoms with Gasteiger partial charge in [-0.2, -0.15) is 0 Å². The van der Waals surface area contributed by atoms with E-state index in [9.17, 15) is 9.59 Å². The summed E-state index contributed by atoms with van der Waals surface area (Å²) in [4.78, 5) is 29.9.